The lowest BCUT2D eigenvalue weighted by molar-refractivity contribution is 0.669. The number of para-hydroxylation sites is 1. The normalized spacial score (nSPS) is 12.2. The number of nitrogens with zero attached hydrogens (tertiary/aromatic N) is 2. The van der Waals surface area contributed by atoms with Crippen LogP contribution in [0, 0.1) is 0 Å². The number of fused-ring (bicyclic) bond motifs is 12. The first-order chi connectivity index (χ1) is 21.3. The molecule has 3 nitrogen and oxygen atoms in total. The zero-order valence-corrected chi connectivity index (χ0v) is 23.7. The molecule has 0 saturated carbocycles. The Morgan fingerprint density at radius 1 is 0.581 bits per heavy atom. The third-order valence-corrected chi connectivity index (χ3v) is 9.97. The van der Waals surface area contributed by atoms with Crippen LogP contribution in [-0.2, 0) is 0 Å². The fourth-order valence-corrected chi connectivity index (χ4v) is 8.05. The van der Waals surface area contributed by atoms with Gasteiger partial charge in [0.2, 0.25) is 0 Å². The highest BCUT2D eigenvalue weighted by Gasteiger charge is 2.18. The Hall–Kier alpha value is -5.45. The van der Waals surface area contributed by atoms with Gasteiger partial charge in [0.1, 0.15) is 22.3 Å². The monoisotopic (exact) mass is 566 g/mol. The summed E-state index contributed by atoms with van der Waals surface area (Å²) in [7, 11) is 0. The van der Waals surface area contributed by atoms with Crippen molar-refractivity contribution in [1.82, 2.24) is 9.38 Å². The number of furan rings is 1. The predicted octanol–water partition coefficient (Wildman–Crippen LogP) is 11.2. The zero-order chi connectivity index (χ0) is 28.1. The molecule has 0 aliphatic heterocycles. The van der Waals surface area contributed by atoms with Gasteiger partial charge in [-0.25, -0.2) is 4.98 Å². The summed E-state index contributed by atoms with van der Waals surface area (Å²) in [5.74, 6) is 0. The van der Waals surface area contributed by atoms with Crippen LogP contribution in [0.5, 0.6) is 0 Å². The molecule has 0 unspecified atom stereocenters. The largest absolute Gasteiger partial charge is 0.456 e. The Bertz CT molecular complexity index is 2740. The van der Waals surface area contributed by atoms with Crippen molar-refractivity contribution in [3.8, 4) is 22.3 Å². The van der Waals surface area contributed by atoms with Crippen molar-refractivity contribution in [3.05, 3.63) is 134 Å². The van der Waals surface area contributed by atoms with Gasteiger partial charge in [-0.15, -0.1) is 11.3 Å². The second kappa shape index (κ2) is 8.54. The van der Waals surface area contributed by atoms with Gasteiger partial charge in [0.15, 0.2) is 0 Å². The van der Waals surface area contributed by atoms with E-state index in [0.717, 1.165) is 33.2 Å². The number of pyridine rings is 1. The van der Waals surface area contributed by atoms with Crippen molar-refractivity contribution >= 4 is 80.9 Å². The number of hydrogen-bond acceptors (Lipinski definition) is 3. The number of hydrogen-bond donors (Lipinski definition) is 0. The molecule has 0 fully saturated rings. The quantitative estimate of drug-likeness (QED) is 0.208. The molecular weight excluding hydrogens is 545 g/mol. The molecule has 0 aliphatic rings. The van der Waals surface area contributed by atoms with Crippen LogP contribution in [0.1, 0.15) is 0 Å². The minimum Gasteiger partial charge on any atom is -0.456 e. The Labute approximate surface area is 249 Å². The molecule has 4 aromatic heterocycles. The summed E-state index contributed by atoms with van der Waals surface area (Å²) < 4.78 is 10.9. The molecule has 0 bridgehead atoms. The molecule has 0 N–H and O–H groups in total. The van der Waals surface area contributed by atoms with Crippen molar-refractivity contribution in [2.45, 2.75) is 0 Å². The second-order valence-electron chi connectivity index (χ2n) is 11.2. The summed E-state index contributed by atoms with van der Waals surface area (Å²) in [5, 5.41) is 7.33. The fourth-order valence-electron chi connectivity index (χ4n) is 6.84. The molecule has 0 saturated heterocycles. The van der Waals surface area contributed by atoms with Crippen LogP contribution in [0.4, 0.5) is 0 Å². The van der Waals surface area contributed by atoms with E-state index in [9.17, 15) is 0 Å². The van der Waals surface area contributed by atoms with E-state index in [1.807, 2.05) is 23.5 Å². The van der Waals surface area contributed by atoms with Gasteiger partial charge in [-0.2, -0.15) is 0 Å². The summed E-state index contributed by atoms with van der Waals surface area (Å²) in [5.41, 5.74) is 9.86. The first-order valence-corrected chi connectivity index (χ1v) is 15.3. The molecule has 10 aromatic rings. The van der Waals surface area contributed by atoms with Gasteiger partial charge in [0, 0.05) is 32.4 Å². The highest BCUT2D eigenvalue weighted by atomic mass is 32.1. The molecule has 0 aliphatic carbocycles. The smallest absolute Gasteiger partial charge is 0.137 e. The Morgan fingerprint density at radius 3 is 2.40 bits per heavy atom. The first kappa shape index (κ1) is 23.1. The Kier molecular flexibility index (Phi) is 4.60. The minimum atomic E-state index is 0.928. The molecule has 0 amide bonds. The Morgan fingerprint density at radius 2 is 1.42 bits per heavy atom. The molecule has 0 radical (unpaired) electrons. The van der Waals surface area contributed by atoms with Crippen LogP contribution >= 0.6 is 11.3 Å². The van der Waals surface area contributed by atoms with E-state index in [2.05, 4.69) is 126 Å². The number of benzene rings is 6. The highest BCUT2D eigenvalue weighted by Crippen LogP contribution is 2.45. The summed E-state index contributed by atoms with van der Waals surface area (Å²) >= 11 is 1.84. The standard InChI is InChI=1S/C39H22N2OS/c1-3-12-32-28(10-1)36-27-17-15-24(21-26(27)16-18-33(36)42-32)23-8-7-9-25(20-23)30-22-31-38(40-35-14-5-6-19-41(31)35)39-37(30)29-11-2-4-13-34(29)43-39/h1-22H. The molecule has 43 heavy (non-hydrogen) atoms. The molecular formula is C39H22N2OS. The number of rotatable bonds is 2. The second-order valence-corrected chi connectivity index (χ2v) is 12.2. The van der Waals surface area contributed by atoms with Gasteiger partial charge in [-0.05, 0) is 81.6 Å². The lowest BCUT2D eigenvalue weighted by atomic mass is 9.94. The van der Waals surface area contributed by atoms with E-state index in [1.54, 1.807) is 0 Å². The number of thiophene rings is 1. The topological polar surface area (TPSA) is 30.4 Å². The summed E-state index contributed by atoms with van der Waals surface area (Å²) in [6.07, 6.45) is 2.11. The van der Waals surface area contributed by atoms with Crippen molar-refractivity contribution in [2.24, 2.45) is 0 Å². The van der Waals surface area contributed by atoms with Crippen LogP contribution in [0.15, 0.2) is 138 Å². The van der Waals surface area contributed by atoms with Gasteiger partial charge in [0.05, 0.1) is 10.2 Å². The van der Waals surface area contributed by atoms with Crippen molar-refractivity contribution in [2.75, 3.05) is 0 Å². The molecule has 4 heteroatoms. The van der Waals surface area contributed by atoms with E-state index in [-0.39, 0.29) is 0 Å². The molecule has 200 valence electrons. The maximum Gasteiger partial charge on any atom is 0.137 e. The number of aromatic nitrogens is 2. The third-order valence-electron chi connectivity index (χ3n) is 8.79. The van der Waals surface area contributed by atoms with Crippen LogP contribution < -0.4 is 0 Å². The van der Waals surface area contributed by atoms with Crippen LogP contribution in [0.3, 0.4) is 0 Å². The average molecular weight is 567 g/mol. The fraction of sp³-hybridized carbons (Fsp3) is 0. The van der Waals surface area contributed by atoms with Gasteiger partial charge < -0.3 is 4.42 Å². The van der Waals surface area contributed by atoms with E-state index < -0.39 is 0 Å². The zero-order valence-electron chi connectivity index (χ0n) is 22.9. The van der Waals surface area contributed by atoms with Crippen molar-refractivity contribution < 1.29 is 4.42 Å². The molecule has 4 heterocycles. The minimum absolute atomic E-state index is 0.928. The van der Waals surface area contributed by atoms with Crippen LogP contribution in [0.2, 0.25) is 0 Å². The van der Waals surface area contributed by atoms with Crippen molar-refractivity contribution in [1.29, 1.82) is 0 Å². The van der Waals surface area contributed by atoms with E-state index in [4.69, 9.17) is 9.40 Å². The predicted molar refractivity (Wildman–Crippen MR) is 181 cm³/mol. The average Bonchev–Trinajstić information content (AvgIpc) is 3.75. The SMILES string of the molecule is c1cc(-c2ccc3c(ccc4oc5ccccc5c43)c2)cc(-c2cc3c(nc4ccccn43)c3sc4ccccc4c23)c1. The number of imidazole rings is 1. The molecule has 0 spiro atoms. The molecule has 0 atom stereocenters. The lowest BCUT2D eigenvalue weighted by Gasteiger charge is -2.10. The summed E-state index contributed by atoms with van der Waals surface area (Å²) in [6.45, 7) is 0. The van der Waals surface area contributed by atoms with E-state index in [1.165, 1.54) is 58.6 Å². The van der Waals surface area contributed by atoms with E-state index >= 15 is 0 Å². The van der Waals surface area contributed by atoms with Gasteiger partial charge in [0.25, 0.3) is 0 Å². The van der Waals surface area contributed by atoms with Gasteiger partial charge >= 0.3 is 0 Å². The lowest BCUT2D eigenvalue weighted by Crippen LogP contribution is -1.86. The maximum absolute atomic E-state index is 6.15. The van der Waals surface area contributed by atoms with Crippen molar-refractivity contribution in [3.63, 3.8) is 0 Å². The Balaban J connectivity index is 1.21. The van der Waals surface area contributed by atoms with Gasteiger partial charge in [-0.3, -0.25) is 4.40 Å². The molecule has 6 aromatic carbocycles. The maximum atomic E-state index is 6.15. The van der Waals surface area contributed by atoms with Gasteiger partial charge in [-0.1, -0.05) is 78.9 Å². The van der Waals surface area contributed by atoms with Crippen LogP contribution in [-0.4, -0.2) is 9.38 Å². The third kappa shape index (κ3) is 3.27. The van der Waals surface area contributed by atoms with Crippen LogP contribution in [0.25, 0.3) is 91.8 Å². The first-order valence-electron chi connectivity index (χ1n) is 14.5. The summed E-state index contributed by atoms with van der Waals surface area (Å²) in [4.78, 5) is 5.07. The molecule has 10 rings (SSSR count). The van der Waals surface area contributed by atoms with E-state index in [0.29, 0.717) is 0 Å². The highest BCUT2D eigenvalue weighted by molar-refractivity contribution is 7.26. The summed E-state index contributed by atoms with van der Waals surface area (Å²) in [6, 6.07) is 45.6.